The largest absolute Gasteiger partial charge is 0.462 e. The summed E-state index contributed by atoms with van der Waals surface area (Å²) in [5.41, 5.74) is 1.93. The van der Waals surface area contributed by atoms with Gasteiger partial charge < -0.3 is 9.73 Å². The molecule has 0 radical (unpaired) electrons. The van der Waals surface area contributed by atoms with Crippen LogP contribution in [0.15, 0.2) is 28.2 Å². The first kappa shape index (κ1) is 17.4. The summed E-state index contributed by atoms with van der Waals surface area (Å²) in [6.07, 6.45) is 7.74. The zero-order valence-electron chi connectivity index (χ0n) is 14.7. The molecule has 1 atom stereocenters. The zero-order valence-corrected chi connectivity index (χ0v) is 16.3. The molecule has 3 heterocycles. The number of carbonyl (C=O) groups is 1. The van der Waals surface area contributed by atoms with Crippen LogP contribution in [0.25, 0.3) is 10.8 Å². The van der Waals surface area contributed by atoms with E-state index in [0.717, 1.165) is 40.4 Å². The maximum Gasteiger partial charge on any atom is 0.232 e. The second-order valence-corrected chi connectivity index (χ2v) is 8.57. The zero-order chi connectivity index (χ0) is 17.9. The van der Waals surface area contributed by atoms with E-state index in [1.807, 2.05) is 17.5 Å². The second kappa shape index (κ2) is 7.72. The molecule has 0 fully saturated rings. The predicted molar refractivity (Wildman–Crippen MR) is 105 cm³/mol. The number of rotatable bonds is 6. The van der Waals surface area contributed by atoms with E-state index in [2.05, 4.69) is 22.2 Å². The van der Waals surface area contributed by atoms with Gasteiger partial charge >= 0.3 is 0 Å². The molecular weight excluding hydrogens is 366 g/mol. The van der Waals surface area contributed by atoms with E-state index in [-0.39, 0.29) is 12.3 Å². The van der Waals surface area contributed by atoms with Gasteiger partial charge in [0.15, 0.2) is 15.9 Å². The van der Waals surface area contributed by atoms with Gasteiger partial charge in [0.25, 0.3) is 0 Å². The van der Waals surface area contributed by atoms with E-state index < -0.39 is 0 Å². The van der Waals surface area contributed by atoms with Crippen molar-refractivity contribution in [3.63, 3.8) is 0 Å². The average Bonchev–Trinajstić information content (AvgIpc) is 3.34. The number of thiazole rings is 2. The Kier molecular flexibility index (Phi) is 5.17. The molecule has 3 aromatic heterocycles. The summed E-state index contributed by atoms with van der Waals surface area (Å²) >= 11 is 3.12. The van der Waals surface area contributed by atoms with E-state index in [0.29, 0.717) is 0 Å². The van der Waals surface area contributed by atoms with Crippen LogP contribution in [0.5, 0.6) is 0 Å². The summed E-state index contributed by atoms with van der Waals surface area (Å²) in [6, 6.07) is 3.70. The van der Waals surface area contributed by atoms with Gasteiger partial charge in [-0.15, -0.1) is 22.7 Å². The maximum atomic E-state index is 12.4. The Bertz CT molecular complexity index is 883. The summed E-state index contributed by atoms with van der Waals surface area (Å²) in [7, 11) is 0. The van der Waals surface area contributed by atoms with Crippen LogP contribution in [0.4, 0.5) is 5.13 Å². The molecule has 136 valence electrons. The fourth-order valence-corrected chi connectivity index (χ4v) is 5.31. The lowest BCUT2D eigenvalue weighted by Gasteiger charge is -2.19. The summed E-state index contributed by atoms with van der Waals surface area (Å²) in [6.45, 7) is 2.24. The van der Waals surface area contributed by atoms with Gasteiger partial charge in [-0.1, -0.05) is 19.8 Å². The number of furan rings is 1. The number of aryl methyl sites for hydroxylation is 1. The first-order valence-electron chi connectivity index (χ1n) is 8.98. The van der Waals surface area contributed by atoms with Crippen molar-refractivity contribution in [2.75, 3.05) is 5.32 Å². The molecule has 1 unspecified atom stereocenters. The minimum absolute atomic E-state index is 0.0718. The smallest absolute Gasteiger partial charge is 0.232 e. The van der Waals surface area contributed by atoms with Crippen molar-refractivity contribution < 1.29 is 9.21 Å². The fourth-order valence-electron chi connectivity index (χ4n) is 3.38. The van der Waals surface area contributed by atoms with E-state index >= 15 is 0 Å². The van der Waals surface area contributed by atoms with Crippen molar-refractivity contribution in [2.24, 2.45) is 5.92 Å². The molecule has 26 heavy (non-hydrogen) atoms. The van der Waals surface area contributed by atoms with Gasteiger partial charge in [0, 0.05) is 10.3 Å². The molecule has 3 aromatic rings. The minimum atomic E-state index is -0.0718. The van der Waals surface area contributed by atoms with Crippen LogP contribution in [0.2, 0.25) is 0 Å². The monoisotopic (exact) mass is 387 g/mol. The lowest BCUT2D eigenvalue weighted by molar-refractivity contribution is -0.115. The highest BCUT2D eigenvalue weighted by Gasteiger charge is 2.22. The normalized spacial score (nSPS) is 16.4. The van der Waals surface area contributed by atoms with Crippen molar-refractivity contribution in [3.05, 3.63) is 40.0 Å². The highest BCUT2D eigenvalue weighted by molar-refractivity contribution is 7.16. The summed E-state index contributed by atoms with van der Waals surface area (Å²) in [5.74, 6) is 1.43. The van der Waals surface area contributed by atoms with Gasteiger partial charge in [-0.05, 0) is 37.3 Å². The predicted octanol–water partition coefficient (Wildman–Crippen LogP) is 4.95. The lowest BCUT2D eigenvalue weighted by Crippen LogP contribution is -2.14. The number of nitrogens with zero attached hydrogens (tertiary/aromatic N) is 2. The van der Waals surface area contributed by atoms with Crippen molar-refractivity contribution in [1.29, 1.82) is 0 Å². The molecule has 1 amide bonds. The Hall–Kier alpha value is -1.99. The van der Waals surface area contributed by atoms with Crippen LogP contribution in [-0.2, 0) is 24.1 Å². The third-order valence-corrected chi connectivity index (χ3v) is 6.55. The van der Waals surface area contributed by atoms with Crippen molar-refractivity contribution >= 4 is 33.7 Å². The number of hydrogen-bond acceptors (Lipinski definition) is 6. The second-order valence-electron chi connectivity index (χ2n) is 6.63. The standard InChI is InChI=1S/C19H21N3O2S2/c1-2-4-12-6-7-14-16(9-12)26-19(21-14)22-17(23)10-13-11-25-18(20-13)15-5-3-8-24-15/h3,5,8,11-12H,2,4,6-7,9-10H2,1H3,(H,21,22,23). The average molecular weight is 388 g/mol. The number of fused-ring (bicyclic) bond motifs is 1. The van der Waals surface area contributed by atoms with Gasteiger partial charge in [-0.3, -0.25) is 4.79 Å². The fraction of sp³-hybridized carbons (Fsp3) is 0.421. The van der Waals surface area contributed by atoms with Crippen LogP contribution in [0.1, 0.15) is 42.5 Å². The van der Waals surface area contributed by atoms with Gasteiger partial charge in [0.2, 0.25) is 5.91 Å². The Morgan fingerprint density at radius 2 is 2.35 bits per heavy atom. The number of amides is 1. The van der Waals surface area contributed by atoms with Crippen LogP contribution < -0.4 is 5.32 Å². The first-order chi connectivity index (χ1) is 12.7. The molecule has 1 N–H and O–H groups in total. The molecule has 1 aliphatic rings. The van der Waals surface area contributed by atoms with E-state index in [1.54, 1.807) is 17.6 Å². The lowest BCUT2D eigenvalue weighted by atomic mass is 9.88. The maximum absolute atomic E-state index is 12.4. The first-order valence-corrected chi connectivity index (χ1v) is 10.7. The van der Waals surface area contributed by atoms with Gasteiger partial charge in [-0.2, -0.15) is 0 Å². The molecule has 0 bridgehead atoms. The van der Waals surface area contributed by atoms with E-state index in [9.17, 15) is 4.79 Å². The van der Waals surface area contributed by atoms with Crippen molar-refractivity contribution in [3.8, 4) is 10.8 Å². The Morgan fingerprint density at radius 1 is 1.42 bits per heavy atom. The number of nitrogens with one attached hydrogen (secondary N) is 1. The number of aromatic nitrogens is 2. The van der Waals surface area contributed by atoms with Gasteiger partial charge in [0.05, 0.1) is 24.1 Å². The molecule has 5 nitrogen and oxygen atoms in total. The molecule has 0 aromatic carbocycles. The SMILES string of the molecule is CCCC1CCc2nc(NC(=O)Cc3csc(-c4ccco4)n3)sc2C1. The van der Waals surface area contributed by atoms with Crippen molar-refractivity contribution in [1.82, 2.24) is 9.97 Å². The molecule has 0 aliphatic heterocycles. The molecule has 0 spiro atoms. The molecular formula is C19H21N3O2S2. The highest BCUT2D eigenvalue weighted by Crippen LogP contribution is 2.34. The van der Waals surface area contributed by atoms with Crippen LogP contribution in [0, 0.1) is 5.92 Å². The molecule has 0 saturated heterocycles. The topological polar surface area (TPSA) is 68.0 Å². The highest BCUT2D eigenvalue weighted by atomic mass is 32.1. The van der Waals surface area contributed by atoms with Gasteiger partial charge in [0.1, 0.15) is 0 Å². The van der Waals surface area contributed by atoms with E-state index in [4.69, 9.17) is 4.42 Å². The van der Waals surface area contributed by atoms with Crippen LogP contribution >= 0.6 is 22.7 Å². The number of hydrogen-bond donors (Lipinski definition) is 1. The molecule has 4 rings (SSSR count). The number of anilines is 1. The quantitative estimate of drug-likeness (QED) is 0.650. The Balaban J connectivity index is 1.37. The number of carbonyl (C=O) groups excluding carboxylic acids is 1. The summed E-state index contributed by atoms with van der Waals surface area (Å²) < 4.78 is 5.35. The van der Waals surface area contributed by atoms with Crippen LogP contribution in [-0.4, -0.2) is 15.9 Å². The summed E-state index contributed by atoms with van der Waals surface area (Å²) in [5, 5.41) is 6.37. The minimum Gasteiger partial charge on any atom is -0.462 e. The van der Waals surface area contributed by atoms with Crippen LogP contribution in [0.3, 0.4) is 0 Å². The Labute approximate surface area is 160 Å². The van der Waals surface area contributed by atoms with Crippen molar-refractivity contribution in [2.45, 2.75) is 45.4 Å². The van der Waals surface area contributed by atoms with Gasteiger partial charge in [-0.25, -0.2) is 9.97 Å². The summed E-state index contributed by atoms with van der Waals surface area (Å²) in [4.78, 5) is 22.8. The molecule has 0 saturated carbocycles. The van der Waals surface area contributed by atoms with E-state index in [1.165, 1.54) is 41.2 Å². The third-order valence-electron chi connectivity index (χ3n) is 4.61. The third kappa shape index (κ3) is 3.88. The molecule has 7 heteroatoms. The molecule has 1 aliphatic carbocycles. The Morgan fingerprint density at radius 3 is 3.15 bits per heavy atom.